The van der Waals surface area contributed by atoms with Crippen LogP contribution in [0.3, 0.4) is 0 Å². The predicted octanol–water partition coefficient (Wildman–Crippen LogP) is 4.43. The van der Waals surface area contributed by atoms with Crippen molar-refractivity contribution in [3.63, 3.8) is 0 Å². The number of nitrogens with zero attached hydrogens (tertiary/aromatic N) is 3. The van der Waals surface area contributed by atoms with E-state index in [4.69, 9.17) is 4.52 Å². The van der Waals surface area contributed by atoms with E-state index in [9.17, 15) is 4.79 Å². The fourth-order valence-corrected chi connectivity index (χ4v) is 4.29. The second kappa shape index (κ2) is 6.85. The Morgan fingerprint density at radius 2 is 2.08 bits per heavy atom. The first-order chi connectivity index (χ1) is 12.3. The van der Waals surface area contributed by atoms with Gasteiger partial charge in [-0.05, 0) is 18.4 Å². The Balaban J connectivity index is 1.59. The molecule has 3 heterocycles. The standard InChI is InChI=1S/C18H15N3O2S2/c1-2-21-17(22)16-14(8-9-24-16)19-18(21)25-11-13-10-15(23-20-13)12-6-4-3-5-7-12/h3-10H,2,11H2,1H3. The number of aromatic nitrogens is 3. The van der Waals surface area contributed by atoms with Gasteiger partial charge in [0.25, 0.3) is 5.56 Å². The van der Waals surface area contributed by atoms with Gasteiger partial charge in [0.2, 0.25) is 0 Å². The van der Waals surface area contributed by atoms with Crippen molar-refractivity contribution in [2.24, 2.45) is 0 Å². The summed E-state index contributed by atoms with van der Waals surface area (Å²) in [5, 5.41) is 6.74. The number of fused-ring (bicyclic) bond motifs is 1. The predicted molar refractivity (Wildman–Crippen MR) is 101 cm³/mol. The molecule has 0 aliphatic carbocycles. The van der Waals surface area contributed by atoms with E-state index in [0.717, 1.165) is 22.5 Å². The van der Waals surface area contributed by atoms with Gasteiger partial charge in [-0.15, -0.1) is 11.3 Å². The molecule has 0 fully saturated rings. The Morgan fingerprint density at radius 3 is 2.88 bits per heavy atom. The molecule has 7 heteroatoms. The van der Waals surface area contributed by atoms with Crippen LogP contribution in [0, 0.1) is 0 Å². The van der Waals surface area contributed by atoms with Gasteiger partial charge in [-0.1, -0.05) is 47.3 Å². The lowest BCUT2D eigenvalue weighted by molar-refractivity contribution is 0.426. The van der Waals surface area contributed by atoms with E-state index in [-0.39, 0.29) is 5.56 Å². The van der Waals surface area contributed by atoms with Gasteiger partial charge in [0.15, 0.2) is 10.9 Å². The molecule has 0 spiro atoms. The van der Waals surface area contributed by atoms with Crippen molar-refractivity contribution in [1.82, 2.24) is 14.7 Å². The van der Waals surface area contributed by atoms with Crippen LogP contribution in [0.15, 0.2) is 62.3 Å². The van der Waals surface area contributed by atoms with Gasteiger partial charge < -0.3 is 4.52 Å². The monoisotopic (exact) mass is 369 g/mol. The molecule has 0 N–H and O–H groups in total. The smallest absolute Gasteiger partial charge is 0.272 e. The van der Waals surface area contributed by atoms with Gasteiger partial charge in [0.05, 0.1) is 11.2 Å². The highest BCUT2D eigenvalue weighted by Crippen LogP contribution is 2.26. The van der Waals surface area contributed by atoms with E-state index in [1.807, 2.05) is 54.8 Å². The highest BCUT2D eigenvalue weighted by molar-refractivity contribution is 7.98. The molecule has 126 valence electrons. The molecule has 0 radical (unpaired) electrons. The van der Waals surface area contributed by atoms with Crippen LogP contribution in [0.5, 0.6) is 0 Å². The first-order valence-corrected chi connectivity index (χ1v) is 9.74. The number of thioether (sulfide) groups is 1. The molecule has 0 saturated carbocycles. The molecule has 0 bridgehead atoms. The van der Waals surface area contributed by atoms with Crippen LogP contribution in [-0.2, 0) is 12.3 Å². The third-order valence-electron chi connectivity index (χ3n) is 3.81. The largest absolute Gasteiger partial charge is 0.356 e. The van der Waals surface area contributed by atoms with Gasteiger partial charge >= 0.3 is 0 Å². The molecule has 0 saturated heterocycles. The fourth-order valence-electron chi connectivity index (χ4n) is 2.57. The van der Waals surface area contributed by atoms with E-state index in [2.05, 4.69) is 10.1 Å². The lowest BCUT2D eigenvalue weighted by Gasteiger charge is -2.08. The number of benzene rings is 1. The van der Waals surface area contributed by atoms with Crippen molar-refractivity contribution < 1.29 is 4.52 Å². The van der Waals surface area contributed by atoms with Crippen LogP contribution >= 0.6 is 23.1 Å². The van der Waals surface area contributed by atoms with Crippen molar-refractivity contribution >= 4 is 33.3 Å². The van der Waals surface area contributed by atoms with Crippen molar-refractivity contribution in [3.8, 4) is 11.3 Å². The van der Waals surface area contributed by atoms with E-state index < -0.39 is 0 Å². The minimum atomic E-state index is 0.0233. The third-order valence-corrected chi connectivity index (χ3v) is 5.72. The maximum Gasteiger partial charge on any atom is 0.272 e. The SMILES string of the molecule is CCn1c(SCc2cc(-c3ccccc3)on2)nc2ccsc2c1=O. The van der Waals surface area contributed by atoms with Crippen molar-refractivity contribution in [2.45, 2.75) is 24.4 Å². The van der Waals surface area contributed by atoms with Gasteiger partial charge in [-0.25, -0.2) is 4.98 Å². The Bertz CT molecular complexity index is 1070. The molecule has 5 nitrogen and oxygen atoms in total. The molecular weight excluding hydrogens is 354 g/mol. The molecule has 0 atom stereocenters. The molecule has 1 aromatic carbocycles. The van der Waals surface area contributed by atoms with E-state index in [1.54, 1.807) is 4.57 Å². The zero-order valence-electron chi connectivity index (χ0n) is 13.5. The Labute approximate surface area is 152 Å². The summed E-state index contributed by atoms with van der Waals surface area (Å²) < 4.78 is 7.84. The zero-order valence-corrected chi connectivity index (χ0v) is 15.1. The fraction of sp³-hybridized carbons (Fsp3) is 0.167. The lowest BCUT2D eigenvalue weighted by atomic mass is 10.2. The average molecular weight is 369 g/mol. The van der Waals surface area contributed by atoms with Crippen molar-refractivity contribution in [1.29, 1.82) is 0 Å². The van der Waals surface area contributed by atoms with Crippen molar-refractivity contribution in [2.75, 3.05) is 0 Å². The minimum absolute atomic E-state index is 0.0233. The molecule has 4 aromatic rings. The average Bonchev–Trinajstić information content (AvgIpc) is 3.30. The van der Waals surface area contributed by atoms with Crippen LogP contribution < -0.4 is 5.56 Å². The maximum absolute atomic E-state index is 12.5. The Hall–Kier alpha value is -2.38. The van der Waals surface area contributed by atoms with Gasteiger partial charge in [0, 0.05) is 23.9 Å². The molecular formula is C18H15N3O2S2. The highest BCUT2D eigenvalue weighted by Gasteiger charge is 2.13. The number of thiophene rings is 1. The number of hydrogen-bond acceptors (Lipinski definition) is 6. The summed E-state index contributed by atoms with van der Waals surface area (Å²) in [5.41, 5.74) is 2.60. The number of rotatable bonds is 5. The second-order valence-electron chi connectivity index (χ2n) is 5.42. The van der Waals surface area contributed by atoms with Crippen LogP contribution in [0.1, 0.15) is 12.6 Å². The summed E-state index contributed by atoms with van der Waals surface area (Å²) in [4.78, 5) is 17.2. The summed E-state index contributed by atoms with van der Waals surface area (Å²) in [6, 6.07) is 13.7. The Kier molecular flexibility index (Phi) is 4.42. The summed E-state index contributed by atoms with van der Waals surface area (Å²) in [6.45, 7) is 2.55. The number of hydrogen-bond donors (Lipinski definition) is 0. The topological polar surface area (TPSA) is 60.9 Å². The van der Waals surface area contributed by atoms with Gasteiger partial charge in [-0.3, -0.25) is 9.36 Å². The van der Waals surface area contributed by atoms with Crippen molar-refractivity contribution in [3.05, 3.63) is 63.9 Å². The van der Waals surface area contributed by atoms with E-state index in [1.165, 1.54) is 23.1 Å². The maximum atomic E-state index is 12.5. The molecule has 25 heavy (non-hydrogen) atoms. The zero-order chi connectivity index (χ0) is 17.2. The first kappa shape index (κ1) is 16.1. The minimum Gasteiger partial charge on any atom is -0.356 e. The third kappa shape index (κ3) is 3.12. The molecule has 0 amide bonds. The van der Waals surface area contributed by atoms with Gasteiger partial charge in [0.1, 0.15) is 4.70 Å². The van der Waals surface area contributed by atoms with Gasteiger partial charge in [-0.2, -0.15) is 0 Å². The van der Waals surface area contributed by atoms with E-state index >= 15 is 0 Å². The van der Waals surface area contributed by atoms with E-state index in [0.29, 0.717) is 22.2 Å². The highest BCUT2D eigenvalue weighted by atomic mass is 32.2. The van der Waals surface area contributed by atoms with Crippen LogP contribution in [0.4, 0.5) is 0 Å². The first-order valence-electron chi connectivity index (χ1n) is 7.88. The normalized spacial score (nSPS) is 11.2. The summed E-state index contributed by atoms with van der Waals surface area (Å²) in [7, 11) is 0. The second-order valence-corrected chi connectivity index (χ2v) is 7.27. The summed E-state index contributed by atoms with van der Waals surface area (Å²) >= 11 is 2.93. The molecule has 3 aromatic heterocycles. The summed E-state index contributed by atoms with van der Waals surface area (Å²) in [5.74, 6) is 1.34. The molecule has 0 unspecified atom stereocenters. The van der Waals surface area contributed by atoms with Crippen LogP contribution in [-0.4, -0.2) is 14.7 Å². The molecule has 0 aliphatic rings. The Morgan fingerprint density at radius 1 is 1.24 bits per heavy atom. The molecule has 4 rings (SSSR count). The summed E-state index contributed by atoms with van der Waals surface area (Å²) in [6.07, 6.45) is 0. The van der Waals surface area contributed by atoms with Crippen LogP contribution in [0.2, 0.25) is 0 Å². The molecule has 0 aliphatic heterocycles. The quantitative estimate of drug-likeness (QED) is 0.385. The van der Waals surface area contributed by atoms with Crippen LogP contribution in [0.25, 0.3) is 21.5 Å². The lowest BCUT2D eigenvalue weighted by Crippen LogP contribution is -2.21.